The molecule has 2 aliphatic rings. The molecule has 3 amide bonds. The van der Waals surface area contributed by atoms with E-state index in [4.69, 9.17) is 9.79 Å². The van der Waals surface area contributed by atoms with Crippen LogP contribution in [0.2, 0.25) is 0 Å². The highest BCUT2D eigenvalue weighted by Crippen LogP contribution is 2.59. The smallest absolute Gasteiger partial charge is 0.340 e. The van der Waals surface area contributed by atoms with Crippen LogP contribution in [0.15, 0.2) is 59.4 Å². The highest BCUT2D eigenvalue weighted by molar-refractivity contribution is 7.52. The third-order valence-electron chi connectivity index (χ3n) is 9.00. The van der Waals surface area contributed by atoms with Crippen molar-refractivity contribution in [2.24, 2.45) is 0 Å². The third kappa shape index (κ3) is 6.34. The average Bonchev–Trinajstić information content (AvgIpc) is 3.64. The topological polar surface area (TPSA) is 160 Å². The lowest BCUT2D eigenvalue weighted by atomic mass is 9.99. The van der Waals surface area contributed by atoms with Crippen LogP contribution in [0, 0.1) is 0 Å². The van der Waals surface area contributed by atoms with Crippen LogP contribution in [0.3, 0.4) is 0 Å². The summed E-state index contributed by atoms with van der Waals surface area (Å²) >= 11 is 1.00. The van der Waals surface area contributed by atoms with Gasteiger partial charge in [0.15, 0.2) is 0 Å². The Balaban J connectivity index is 1.20. The van der Waals surface area contributed by atoms with E-state index in [0.29, 0.717) is 41.5 Å². The first-order valence-corrected chi connectivity index (χ1v) is 17.6. The molecule has 4 heterocycles. The highest BCUT2D eigenvalue weighted by atomic mass is 32.1. The number of pyridine rings is 1. The first-order valence-electron chi connectivity index (χ1n) is 15.2. The van der Waals surface area contributed by atoms with Crippen molar-refractivity contribution in [3.8, 4) is 0 Å². The van der Waals surface area contributed by atoms with Crippen LogP contribution >= 0.6 is 18.9 Å². The maximum absolute atomic E-state index is 14.3. The summed E-state index contributed by atoms with van der Waals surface area (Å²) < 4.78 is 40.4. The number of carbonyl (C=O) groups is 3. The number of fused-ring (bicyclic) bond motifs is 3. The van der Waals surface area contributed by atoms with Gasteiger partial charge in [0, 0.05) is 46.9 Å². The number of rotatable bonds is 7. The van der Waals surface area contributed by atoms with E-state index in [2.05, 4.69) is 10.3 Å². The Morgan fingerprint density at radius 3 is 2.57 bits per heavy atom. The molecule has 2 aliphatic heterocycles. The van der Waals surface area contributed by atoms with Gasteiger partial charge in [-0.2, -0.15) is 8.78 Å². The summed E-state index contributed by atoms with van der Waals surface area (Å²) in [5.41, 5.74) is -4.20. The molecule has 0 saturated carbocycles. The molecule has 0 unspecified atom stereocenters. The lowest BCUT2D eigenvalue weighted by molar-refractivity contribution is -0.146. The number of hydrogen-bond acceptors (Lipinski definition) is 6. The van der Waals surface area contributed by atoms with Gasteiger partial charge in [-0.3, -0.25) is 23.7 Å². The van der Waals surface area contributed by atoms with E-state index in [1.54, 1.807) is 18.0 Å². The number of hydrogen-bond donors (Lipinski definition) is 4. The Hall–Kier alpha value is -3.97. The maximum atomic E-state index is 14.3. The fraction of sp³-hybridized carbons (Fsp3) is 0.375. The van der Waals surface area contributed by atoms with Crippen molar-refractivity contribution in [2.75, 3.05) is 7.05 Å². The van der Waals surface area contributed by atoms with Crippen LogP contribution in [-0.4, -0.2) is 67.5 Å². The van der Waals surface area contributed by atoms with E-state index in [1.165, 1.54) is 23.1 Å². The second kappa shape index (κ2) is 12.6. The molecule has 2 aromatic carbocycles. The first-order chi connectivity index (χ1) is 22.2. The second-order valence-electron chi connectivity index (χ2n) is 12.2. The number of H-pyrrole nitrogens is 1. The van der Waals surface area contributed by atoms with Crippen molar-refractivity contribution >= 4 is 57.6 Å². The lowest BCUT2D eigenvalue weighted by Gasteiger charge is -2.36. The number of thiophene rings is 1. The predicted octanol–water partition coefficient (Wildman–Crippen LogP) is 4.66. The number of halogens is 2. The SMILES string of the molecule is CN(Cc1cc(=O)[nH]c2ccccc12)C(=O)[C@@H]1CC[C@@H]2CCCC[C@H](NC(=O)c3cc4cc(C(F)(F)P(=O)(O)O)ccc4s3)C(=O)N21. The number of alkyl halides is 2. The third-order valence-corrected chi connectivity index (χ3v) is 11.1. The van der Waals surface area contributed by atoms with Gasteiger partial charge in [-0.25, -0.2) is 0 Å². The van der Waals surface area contributed by atoms with Gasteiger partial charge in [0.05, 0.1) is 4.88 Å². The largest absolute Gasteiger partial charge is 0.399 e. The molecule has 15 heteroatoms. The van der Waals surface area contributed by atoms with Gasteiger partial charge in [-0.05, 0) is 60.9 Å². The Morgan fingerprint density at radius 1 is 1.06 bits per heavy atom. The van der Waals surface area contributed by atoms with E-state index >= 15 is 0 Å². The molecule has 6 rings (SSSR count). The quantitative estimate of drug-likeness (QED) is 0.206. The molecule has 2 saturated heterocycles. The summed E-state index contributed by atoms with van der Waals surface area (Å²) in [6.45, 7) is 0.167. The van der Waals surface area contributed by atoms with Crippen LogP contribution in [0.4, 0.5) is 8.78 Å². The van der Waals surface area contributed by atoms with Crippen LogP contribution in [0.25, 0.3) is 21.0 Å². The monoisotopic (exact) mass is 686 g/mol. The van der Waals surface area contributed by atoms with Crippen molar-refractivity contribution < 1.29 is 37.5 Å². The normalized spacial score (nSPS) is 20.6. The van der Waals surface area contributed by atoms with Crippen LogP contribution in [0.1, 0.15) is 59.3 Å². The molecule has 0 radical (unpaired) electrons. The predicted molar refractivity (Wildman–Crippen MR) is 172 cm³/mol. The van der Waals surface area contributed by atoms with Gasteiger partial charge in [0.2, 0.25) is 17.4 Å². The summed E-state index contributed by atoms with van der Waals surface area (Å²) in [5, 5.41) is 3.81. The summed E-state index contributed by atoms with van der Waals surface area (Å²) in [7, 11) is -4.13. The van der Waals surface area contributed by atoms with E-state index in [0.717, 1.165) is 41.7 Å². The fourth-order valence-electron chi connectivity index (χ4n) is 6.64. The minimum absolute atomic E-state index is 0.141. The summed E-state index contributed by atoms with van der Waals surface area (Å²) in [6.07, 6.45) is 3.68. The van der Waals surface area contributed by atoms with Crippen molar-refractivity contribution in [1.29, 1.82) is 0 Å². The molecule has 0 aliphatic carbocycles. The Labute approximate surface area is 271 Å². The molecule has 248 valence electrons. The highest BCUT2D eigenvalue weighted by Gasteiger charge is 2.50. The van der Waals surface area contributed by atoms with Gasteiger partial charge >= 0.3 is 13.3 Å². The molecule has 2 aromatic heterocycles. The average molecular weight is 687 g/mol. The van der Waals surface area contributed by atoms with E-state index in [-0.39, 0.29) is 40.2 Å². The van der Waals surface area contributed by atoms with Gasteiger partial charge in [0.1, 0.15) is 12.1 Å². The molecule has 3 atom stereocenters. The molecule has 4 aromatic rings. The molecular weight excluding hydrogens is 653 g/mol. The van der Waals surface area contributed by atoms with E-state index in [1.807, 2.05) is 18.2 Å². The van der Waals surface area contributed by atoms with Crippen molar-refractivity contribution in [1.82, 2.24) is 20.1 Å². The number of nitrogens with one attached hydrogen (secondary N) is 2. The Morgan fingerprint density at radius 2 is 1.81 bits per heavy atom. The number of likely N-dealkylation sites (N-methyl/N-ethyl adjacent to an activating group) is 1. The molecular formula is C32H33F2N4O7PS. The second-order valence-corrected chi connectivity index (χ2v) is 14.9. The first kappa shape index (κ1) is 33.0. The summed E-state index contributed by atoms with van der Waals surface area (Å²) in [5.74, 6) is -1.22. The van der Waals surface area contributed by atoms with Gasteiger partial charge in [-0.15, -0.1) is 11.3 Å². The van der Waals surface area contributed by atoms with Crippen molar-refractivity contribution in [3.63, 3.8) is 0 Å². The summed E-state index contributed by atoms with van der Waals surface area (Å²) in [4.78, 5) is 77.8. The van der Waals surface area contributed by atoms with E-state index in [9.17, 15) is 32.5 Å². The van der Waals surface area contributed by atoms with Crippen LogP contribution in [0.5, 0.6) is 0 Å². The molecule has 11 nitrogen and oxygen atoms in total. The maximum Gasteiger partial charge on any atom is 0.399 e. The minimum atomic E-state index is -5.77. The van der Waals surface area contributed by atoms with Crippen LogP contribution in [-0.2, 0) is 26.4 Å². The van der Waals surface area contributed by atoms with Gasteiger partial charge in [0.25, 0.3) is 5.91 Å². The van der Waals surface area contributed by atoms with E-state index < -0.39 is 36.8 Å². The number of carbonyl (C=O) groups excluding carboxylic acids is 3. The number of amides is 3. The van der Waals surface area contributed by atoms with Crippen molar-refractivity contribution in [3.05, 3.63) is 81.0 Å². The lowest BCUT2D eigenvalue weighted by Crippen LogP contribution is -2.56. The molecule has 4 N–H and O–H groups in total. The van der Waals surface area contributed by atoms with Crippen molar-refractivity contribution in [2.45, 2.75) is 68.9 Å². The summed E-state index contributed by atoms with van der Waals surface area (Å²) in [6, 6.07) is 11.4. The van der Waals surface area contributed by atoms with Crippen LogP contribution < -0.4 is 10.9 Å². The number of para-hydroxylation sites is 1. The molecule has 0 bridgehead atoms. The molecule has 0 spiro atoms. The number of nitrogens with zero attached hydrogens (tertiary/aromatic N) is 2. The zero-order valence-electron chi connectivity index (χ0n) is 25.3. The Kier molecular flexibility index (Phi) is 8.81. The fourth-order valence-corrected chi connectivity index (χ4v) is 8.07. The number of aromatic amines is 1. The minimum Gasteiger partial charge on any atom is -0.340 e. The number of benzene rings is 2. The standard InChI is InChI=1S/C32H33F2N4O7PS/c1-37(17-19-16-28(39)35-23-8-5-3-7-22(19)23)31(42)25-12-11-21-6-2-4-9-24(30(41)38(21)25)36-29(40)27-15-18-14-20(10-13-26(18)47-27)32(33,34)46(43,44)45/h3,5,7-8,10,13-16,21,24-25H,2,4,6,9,11-12,17H2,1H3,(H,35,39)(H,36,40)(H2,43,44,45)/t21-,24-,25-/m0/s1. The Bertz CT molecular complexity index is 1990. The van der Waals surface area contributed by atoms with Gasteiger partial charge < -0.3 is 29.9 Å². The molecule has 47 heavy (non-hydrogen) atoms. The zero-order valence-corrected chi connectivity index (χ0v) is 27.0. The van der Waals surface area contributed by atoms with Gasteiger partial charge in [-0.1, -0.05) is 37.1 Å². The zero-order chi connectivity index (χ0) is 33.7. The molecule has 2 fully saturated rings. The number of aromatic nitrogens is 1.